The van der Waals surface area contributed by atoms with E-state index in [1.165, 1.54) is 18.3 Å². The summed E-state index contributed by atoms with van der Waals surface area (Å²) in [4.78, 5) is 12.0. The second kappa shape index (κ2) is 7.93. The van der Waals surface area contributed by atoms with Crippen LogP contribution in [0.2, 0.25) is 0 Å². The van der Waals surface area contributed by atoms with E-state index in [0.717, 1.165) is 5.56 Å². The average Bonchev–Trinajstić information content (AvgIpc) is 2.57. The molecule has 2 N–H and O–H groups in total. The first-order valence-corrected chi connectivity index (χ1v) is 7.08. The maximum Gasteiger partial charge on any atom is 0.262 e. The van der Waals surface area contributed by atoms with Crippen molar-refractivity contribution >= 4 is 17.8 Å². The van der Waals surface area contributed by atoms with Gasteiger partial charge in [-0.05, 0) is 43.3 Å². The second-order valence-corrected chi connectivity index (χ2v) is 4.85. The molecule has 0 aliphatic heterocycles. The Morgan fingerprint density at radius 1 is 1.22 bits per heavy atom. The molecule has 6 heteroatoms. The molecule has 0 heterocycles. The lowest BCUT2D eigenvalue weighted by Gasteiger charge is -2.13. The van der Waals surface area contributed by atoms with Crippen molar-refractivity contribution in [1.29, 1.82) is 0 Å². The van der Waals surface area contributed by atoms with Gasteiger partial charge in [0.15, 0.2) is 0 Å². The van der Waals surface area contributed by atoms with Crippen LogP contribution in [-0.2, 0) is 4.79 Å². The van der Waals surface area contributed by atoms with E-state index in [4.69, 9.17) is 4.74 Å². The van der Waals surface area contributed by atoms with E-state index in [1.54, 1.807) is 26.2 Å². The Morgan fingerprint density at radius 3 is 2.61 bits per heavy atom. The third-order valence-electron chi connectivity index (χ3n) is 3.14. The monoisotopic (exact) mass is 315 g/mol. The molecule has 0 aliphatic rings. The molecular formula is C17H18FN3O2. The molecule has 2 aromatic carbocycles. The zero-order valence-corrected chi connectivity index (χ0v) is 12.9. The molecule has 120 valence electrons. The molecular weight excluding hydrogens is 297 g/mol. The molecule has 2 aromatic rings. The van der Waals surface area contributed by atoms with E-state index in [2.05, 4.69) is 15.8 Å². The number of para-hydroxylation sites is 1. The second-order valence-electron chi connectivity index (χ2n) is 4.85. The molecule has 0 fully saturated rings. The van der Waals surface area contributed by atoms with E-state index >= 15 is 0 Å². The molecule has 0 saturated heterocycles. The quantitative estimate of drug-likeness (QED) is 0.636. The summed E-state index contributed by atoms with van der Waals surface area (Å²) in [5.74, 6) is 0.0394. The molecule has 1 amide bonds. The number of halogens is 1. The number of hydrazone groups is 1. The van der Waals surface area contributed by atoms with E-state index in [9.17, 15) is 9.18 Å². The van der Waals surface area contributed by atoms with Gasteiger partial charge in [-0.25, -0.2) is 9.82 Å². The number of benzene rings is 2. The summed E-state index contributed by atoms with van der Waals surface area (Å²) in [5, 5.41) is 6.89. The first kappa shape index (κ1) is 16.5. The highest BCUT2D eigenvalue weighted by Crippen LogP contribution is 2.14. The van der Waals surface area contributed by atoms with E-state index < -0.39 is 6.04 Å². The third kappa shape index (κ3) is 4.81. The van der Waals surface area contributed by atoms with Crippen molar-refractivity contribution in [1.82, 2.24) is 5.43 Å². The number of hydrogen-bond acceptors (Lipinski definition) is 4. The van der Waals surface area contributed by atoms with E-state index in [0.29, 0.717) is 11.4 Å². The van der Waals surface area contributed by atoms with Gasteiger partial charge in [0, 0.05) is 11.3 Å². The number of hydrogen-bond donors (Lipinski definition) is 2. The first-order valence-electron chi connectivity index (χ1n) is 7.08. The molecule has 0 aliphatic carbocycles. The highest BCUT2D eigenvalue weighted by molar-refractivity contribution is 5.87. The topological polar surface area (TPSA) is 62.7 Å². The number of nitrogens with zero attached hydrogens (tertiary/aromatic N) is 1. The lowest BCUT2D eigenvalue weighted by Crippen LogP contribution is -2.34. The van der Waals surface area contributed by atoms with Crippen LogP contribution in [0.5, 0.6) is 5.75 Å². The number of anilines is 1. The van der Waals surface area contributed by atoms with Gasteiger partial charge in [0.25, 0.3) is 5.91 Å². The van der Waals surface area contributed by atoms with Gasteiger partial charge < -0.3 is 10.1 Å². The Balaban J connectivity index is 1.90. The largest absolute Gasteiger partial charge is 0.496 e. The van der Waals surface area contributed by atoms with Crippen molar-refractivity contribution in [3.05, 3.63) is 59.9 Å². The fraction of sp³-hybridized carbons (Fsp3) is 0.176. The molecule has 0 saturated carbocycles. The number of amides is 1. The van der Waals surface area contributed by atoms with Gasteiger partial charge >= 0.3 is 0 Å². The molecule has 1 unspecified atom stereocenters. The van der Waals surface area contributed by atoms with Crippen molar-refractivity contribution in [3.8, 4) is 5.75 Å². The number of nitrogens with one attached hydrogen (secondary N) is 2. The van der Waals surface area contributed by atoms with Crippen molar-refractivity contribution in [2.45, 2.75) is 13.0 Å². The molecule has 0 bridgehead atoms. The van der Waals surface area contributed by atoms with Gasteiger partial charge in [-0.2, -0.15) is 5.10 Å². The summed E-state index contributed by atoms with van der Waals surface area (Å²) in [6.07, 6.45) is 1.52. The SMILES string of the molecule is COc1ccccc1/C=N/NC(=O)C(C)Nc1ccc(F)cc1. The van der Waals surface area contributed by atoms with Crippen molar-refractivity contribution < 1.29 is 13.9 Å². The van der Waals surface area contributed by atoms with Gasteiger partial charge in [0.1, 0.15) is 17.6 Å². The van der Waals surface area contributed by atoms with E-state index in [1.807, 2.05) is 24.3 Å². The minimum absolute atomic E-state index is 0.305. The Labute approximate surface area is 134 Å². The minimum Gasteiger partial charge on any atom is -0.496 e. The van der Waals surface area contributed by atoms with Crippen LogP contribution >= 0.6 is 0 Å². The highest BCUT2D eigenvalue weighted by Gasteiger charge is 2.11. The predicted octanol–water partition coefficient (Wildman–Crippen LogP) is 2.79. The van der Waals surface area contributed by atoms with Crippen molar-refractivity contribution in [2.75, 3.05) is 12.4 Å². The van der Waals surface area contributed by atoms with Crippen LogP contribution < -0.4 is 15.5 Å². The van der Waals surface area contributed by atoms with Crippen LogP contribution in [0.15, 0.2) is 53.6 Å². The molecule has 2 rings (SSSR count). The van der Waals surface area contributed by atoms with Crippen LogP contribution in [0.25, 0.3) is 0 Å². The molecule has 0 radical (unpaired) electrons. The maximum atomic E-state index is 12.8. The fourth-order valence-corrected chi connectivity index (χ4v) is 1.90. The normalized spacial score (nSPS) is 12.0. The summed E-state index contributed by atoms with van der Waals surface area (Å²) in [5.41, 5.74) is 3.87. The van der Waals surface area contributed by atoms with Crippen LogP contribution in [0, 0.1) is 5.82 Å². The number of methoxy groups -OCH3 is 1. The van der Waals surface area contributed by atoms with Gasteiger partial charge in [-0.15, -0.1) is 0 Å². The Hall–Kier alpha value is -2.89. The van der Waals surface area contributed by atoms with Crippen LogP contribution in [0.1, 0.15) is 12.5 Å². The van der Waals surface area contributed by atoms with Crippen molar-refractivity contribution in [2.24, 2.45) is 5.10 Å². The minimum atomic E-state index is -0.518. The summed E-state index contributed by atoms with van der Waals surface area (Å²) in [6, 6.07) is 12.6. The zero-order valence-electron chi connectivity index (χ0n) is 12.9. The molecule has 5 nitrogen and oxygen atoms in total. The lowest BCUT2D eigenvalue weighted by atomic mass is 10.2. The van der Waals surface area contributed by atoms with Gasteiger partial charge in [-0.3, -0.25) is 4.79 Å². The number of ether oxygens (including phenoxy) is 1. The van der Waals surface area contributed by atoms with Gasteiger partial charge in [0.2, 0.25) is 0 Å². The third-order valence-corrected chi connectivity index (χ3v) is 3.14. The smallest absolute Gasteiger partial charge is 0.262 e. The standard InChI is InChI=1S/C17H18FN3O2/c1-12(20-15-9-7-14(18)8-10-15)17(22)21-19-11-13-5-3-4-6-16(13)23-2/h3-12,20H,1-2H3,(H,21,22)/b19-11+. The summed E-state index contributed by atoms with van der Waals surface area (Å²) >= 11 is 0. The van der Waals surface area contributed by atoms with Crippen LogP contribution in [0.4, 0.5) is 10.1 Å². The van der Waals surface area contributed by atoms with Crippen molar-refractivity contribution in [3.63, 3.8) is 0 Å². The molecule has 23 heavy (non-hydrogen) atoms. The summed E-state index contributed by atoms with van der Waals surface area (Å²) in [7, 11) is 1.57. The van der Waals surface area contributed by atoms with Gasteiger partial charge in [0.05, 0.1) is 13.3 Å². The Morgan fingerprint density at radius 2 is 1.91 bits per heavy atom. The van der Waals surface area contributed by atoms with Gasteiger partial charge in [-0.1, -0.05) is 12.1 Å². The summed E-state index contributed by atoms with van der Waals surface area (Å²) in [6.45, 7) is 1.69. The van der Waals surface area contributed by atoms with E-state index in [-0.39, 0.29) is 11.7 Å². The predicted molar refractivity (Wildman–Crippen MR) is 88.2 cm³/mol. The van der Waals surface area contributed by atoms with Crippen LogP contribution in [-0.4, -0.2) is 25.3 Å². The lowest BCUT2D eigenvalue weighted by molar-refractivity contribution is -0.121. The first-order chi connectivity index (χ1) is 11.1. The Kier molecular flexibility index (Phi) is 5.68. The number of carbonyl (C=O) groups excluding carboxylic acids is 1. The molecule has 0 aromatic heterocycles. The fourth-order valence-electron chi connectivity index (χ4n) is 1.90. The average molecular weight is 315 g/mol. The highest BCUT2D eigenvalue weighted by atomic mass is 19.1. The Bertz CT molecular complexity index is 686. The number of carbonyl (C=O) groups is 1. The zero-order chi connectivity index (χ0) is 16.7. The molecule has 1 atom stereocenters. The summed E-state index contributed by atoms with van der Waals surface area (Å²) < 4.78 is 18.0. The molecule has 0 spiro atoms. The maximum absolute atomic E-state index is 12.8. The number of rotatable bonds is 6. The van der Waals surface area contributed by atoms with Crippen LogP contribution in [0.3, 0.4) is 0 Å².